The van der Waals surface area contributed by atoms with Gasteiger partial charge in [0.25, 0.3) is 0 Å². The van der Waals surface area contributed by atoms with E-state index in [1.54, 1.807) is 0 Å². The number of nitrogens with one attached hydrogen (secondary N) is 1. The maximum Gasteiger partial charge on any atom is 0.319 e. The highest BCUT2D eigenvalue weighted by atomic mass is 16.2. The van der Waals surface area contributed by atoms with Crippen LogP contribution < -0.4 is 5.32 Å². The first-order valence-electron chi connectivity index (χ1n) is 10.5. The lowest BCUT2D eigenvalue weighted by Gasteiger charge is -2.34. The predicted molar refractivity (Wildman–Crippen MR) is 111 cm³/mol. The Morgan fingerprint density at radius 2 is 1.67 bits per heavy atom. The summed E-state index contributed by atoms with van der Waals surface area (Å²) in [6, 6.07) is 8.31. The van der Waals surface area contributed by atoms with Crippen molar-refractivity contribution in [1.29, 1.82) is 0 Å². The van der Waals surface area contributed by atoms with Crippen molar-refractivity contribution >= 4 is 17.6 Å². The first-order valence-corrected chi connectivity index (χ1v) is 10.5. The molecule has 1 heterocycles. The van der Waals surface area contributed by atoms with Gasteiger partial charge in [-0.15, -0.1) is 0 Å². The van der Waals surface area contributed by atoms with E-state index in [1.807, 2.05) is 35.8 Å². The van der Waals surface area contributed by atoms with Gasteiger partial charge in [-0.05, 0) is 57.2 Å². The molecular weight excluding hydrogens is 338 g/mol. The van der Waals surface area contributed by atoms with Gasteiger partial charge in [0, 0.05) is 37.8 Å². The van der Waals surface area contributed by atoms with Gasteiger partial charge < -0.3 is 15.1 Å². The van der Waals surface area contributed by atoms with Crippen molar-refractivity contribution in [3.63, 3.8) is 0 Å². The van der Waals surface area contributed by atoms with Crippen LogP contribution in [0.1, 0.15) is 58.4 Å². The average Bonchev–Trinajstić information content (AvgIpc) is 2.70. The number of amides is 3. The highest BCUT2D eigenvalue weighted by Gasteiger charge is 2.28. The molecule has 5 heteroatoms. The molecule has 0 aliphatic carbocycles. The summed E-state index contributed by atoms with van der Waals surface area (Å²) in [6.45, 7) is 8.97. The van der Waals surface area contributed by atoms with Crippen LogP contribution in [0, 0.1) is 5.92 Å². The Balaban J connectivity index is 1.79. The van der Waals surface area contributed by atoms with Gasteiger partial charge in [0.05, 0.1) is 0 Å². The molecule has 27 heavy (non-hydrogen) atoms. The lowest BCUT2D eigenvalue weighted by Crippen LogP contribution is -2.47. The van der Waals surface area contributed by atoms with Crippen LogP contribution in [0.4, 0.5) is 10.5 Å². The molecule has 1 N–H and O–H groups in total. The number of urea groups is 1. The number of likely N-dealkylation sites (tertiary alicyclic amines) is 1. The monoisotopic (exact) mass is 373 g/mol. The molecule has 2 rings (SSSR count). The molecule has 0 saturated carbocycles. The summed E-state index contributed by atoms with van der Waals surface area (Å²) in [6.07, 6.45) is 6.26. The first kappa shape index (κ1) is 21.3. The summed E-state index contributed by atoms with van der Waals surface area (Å²) in [7, 11) is 0. The van der Waals surface area contributed by atoms with Gasteiger partial charge in [-0.2, -0.15) is 0 Å². The normalized spacial score (nSPS) is 14.9. The number of aryl methyl sites for hydroxylation is 1. The van der Waals surface area contributed by atoms with Crippen LogP contribution in [0.15, 0.2) is 24.3 Å². The maximum atomic E-state index is 12.6. The minimum absolute atomic E-state index is 0.0185. The van der Waals surface area contributed by atoms with E-state index in [2.05, 4.69) is 24.4 Å². The van der Waals surface area contributed by atoms with Gasteiger partial charge in [-0.25, -0.2) is 4.79 Å². The molecule has 0 aromatic heterocycles. The van der Waals surface area contributed by atoms with E-state index in [0.717, 1.165) is 38.0 Å². The first-order chi connectivity index (χ1) is 13.1. The van der Waals surface area contributed by atoms with Crippen molar-refractivity contribution in [2.24, 2.45) is 5.92 Å². The number of nitrogens with zero attached hydrogens (tertiary/aromatic N) is 2. The third kappa shape index (κ3) is 6.26. The Kier molecular flexibility index (Phi) is 8.62. The third-order valence-corrected chi connectivity index (χ3v) is 5.46. The van der Waals surface area contributed by atoms with E-state index in [-0.39, 0.29) is 17.9 Å². The molecule has 0 unspecified atom stereocenters. The summed E-state index contributed by atoms with van der Waals surface area (Å²) in [5.74, 6) is 0.0543. The van der Waals surface area contributed by atoms with E-state index in [9.17, 15) is 9.59 Å². The zero-order chi connectivity index (χ0) is 19.6. The smallest absolute Gasteiger partial charge is 0.319 e. The zero-order valence-corrected chi connectivity index (χ0v) is 17.2. The van der Waals surface area contributed by atoms with Crippen molar-refractivity contribution in [3.8, 4) is 0 Å². The lowest BCUT2D eigenvalue weighted by molar-refractivity contribution is -0.121. The SMILES string of the molecule is CCCCCc1ccc(NC(=O)C2CCN(C(=O)N(CC)CC)CC2)cc1. The van der Waals surface area contributed by atoms with Gasteiger partial charge >= 0.3 is 6.03 Å². The second-order valence-corrected chi connectivity index (χ2v) is 7.36. The molecule has 1 aliphatic rings. The molecule has 1 aromatic rings. The molecule has 1 saturated heterocycles. The van der Waals surface area contributed by atoms with Crippen LogP contribution in [0.2, 0.25) is 0 Å². The van der Waals surface area contributed by atoms with Gasteiger partial charge in [0.1, 0.15) is 0 Å². The summed E-state index contributed by atoms with van der Waals surface area (Å²) in [5, 5.41) is 3.04. The number of anilines is 1. The van der Waals surface area contributed by atoms with Crippen molar-refractivity contribution in [2.75, 3.05) is 31.5 Å². The number of hydrogen-bond acceptors (Lipinski definition) is 2. The fourth-order valence-electron chi connectivity index (χ4n) is 3.61. The van der Waals surface area contributed by atoms with Crippen LogP contribution >= 0.6 is 0 Å². The van der Waals surface area contributed by atoms with Gasteiger partial charge in [0.2, 0.25) is 5.91 Å². The fraction of sp³-hybridized carbons (Fsp3) is 0.636. The lowest BCUT2D eigenvalue weighted by atomic mass is 9.96. The van der Waals surface area contributed by atoms with Crippen molar-refractivity contribution in [2.45, 2.75) is 59.3 Å². The Bertz CT molecular complexity index is 588. The molecule has 0 bridgehead atoms. The molecule has 0 atom stereocenters. The largest absolute Gasteiger partial charge is 0.326 e. The number of unbranched alkanes of at least 4 members (excludes halogenated alkanes) is 2. The van der Waals surface area contributed by atoms with E-state index in [4.69, 9.17) is 0 Å². The molecular formula is C22H35N3O2. The third-order valence-electron chi connectivity index (χ3n) is 5.46. The molecule has 0 spiro atoms. The molecule has 1 aliphatic heterocycles. The molecule has 5 nitrogen and oxygen atoms in total. The number of benzene rings is 1. The van der Waals surface area contributed by atoms with Crippen molar-refractivity contribution < 1.29 is 9.59 Å². The van der Waals surface area contributed by atoms with Crippen LogP contribution in [0.25, 0.3) is 0 Å². The molecule has 1 fully saturated rings. The van der Waals surface area contributed by atoms with Gasteiger partial charge in [0.15, 0.2) is 0 Å². The maximum absolute atomic E-state index is 12.6. The van der Waals surface area contributed by atoms with Gasteiger partial charge in [-0.3, -0.25) is 4.79 Å². The molecule has 3 amide bonds. The number of piperidine rings is 1. The Morgan fingerprint density at radius 1 is 1.04 bits per heavy atom. The zero-order valence-electron chi connectivity index (χ0n) is 17.2. The fourth-order valence-corrected chi connectivity index (χ4v) is 3.61. The van der Waals surface area contributed by atoms with Crippen molar-refractivity contribution in [3.05, 3.63) is 29.8 Å². The van der Waals surface area contributed by atoms with Crippen LogP contribution in [-0.4, -0.2) is 47.9 Å². The quantitative estimate of drug-likeness (QED) is 0.681. The van der Waals surface area contributed by atoms with E-state index < -0.39 is 0 Å². The summed E-state index contributed by atoms with van der Waals surface area (Å²) in [4.78, 5) is 28.7. The topological polar surface area (TPSA) is 52.7 Å². The standard InChI is InChI=1S/C22H35N3O2/c1-4-7-8-9-18-10-12-20(13-11-18)23-21(26)19-14-16-25(17-15-19)22(27)24(5-2)6-3/h10-13,19H,4-9,14-17H2,1-3H3,(H,23,26). The molecule has 0 radical (unpaired) electrons. The number of carbonyl (C=O) groups excluding carboxylic acids is 2. The summed E-state index contributed by atoms with van der Waals surface area (Å²) in [5.41, 5.74) is 2.19. The predicted octanol–water partition coefficient (Wildman–Crippen LogP) is 4.53. The molecule has 150 valence electrons. The minimum Gasteiger partial charge on any atom is -0.326 e. The Hall–Kier alpha value is -2.04. The van der Waals surface area contributed by atoms with Crippen LogP contribution in [0.5, 0.6) is 0 Å². The Labute approximate surface area is 164 Å². The van der Waals surface area contributed by atoms with E-state index >= 15 is 0 Å². The van der Waals surface area contributed by atoms with E-state index in [1.165, 1.54) is 24.8 Å². The highest BCUT2D eigenvalue weighted by molar-refractivity contribution is 5.92. The Morgan fingerprint density at radius 3 is 2.22 bits per heavy atom. The van der Waals surface area contributed by atoms with Crippen LogP contribution in [0.3, 0.4) is 0 Å². The number of hydrogen-bond donors (Lipinski definition) is 1. The average molecular weight is 374 g/mol. The number of rotatable bonds is 8. The van der Waals surface area contributed by atoms with Gasteiger partial charge in [-0.1, -0.05) is 31.9 Å². The number of carbonyl (C=O) groups is 2. The van der Waals surface area contributed by atoms with Crippen molar-refractivity contribution in [1.82, 2.24) is 9.80 Å². The minimum atomic E-state index is -0.0185. The van der Waals surface area contributed by atoms with E-state index in [0.29, 0.717) is 13.1 Å². The summed E-state index contributed by atoms with van der Waals surface area (Å²) < 4.78 is 0. The van der Waals surface area contributed by atoms with Crippen LogP contribution in [-0.2, 0) is 11.2 Å². The second kappa shape index (κ2) is 11.0. The molecule has 1 aromatic carbocycles. The highest BCUT2D eigenvalue weighted by Crippen LogP contribution is 2.21. The summed E-state index contributed by atoms with van der Waals surface area (Å²) >= 11 is 0. The second-order valence-electron chi connectivity index (χ2n) is 7.36.